The zero-order chi connectivity index (χ0) is 24.7. The zero-order valence-corrected chi connectivity index (χ0v) is 21.1. The number of ether oxygens (including phenoxy) is 2. The lowest BCUT2D eigenvalue weighted by Crippen LogP contribution is -2.26. The maximum atomic E-state index is 13.9. The SMILES string of the molecule is COc1ccc(Cl)c2c1c1c(n2Cc2ccc(F)c(F)c2)CCC(OC(=O)c2ccc(Br)cc2)C1. The number of nitrogens with zero attached hydrogens (tertiary/aromatic N) is 1. The molecule has 1 aliphatic carbocycles. The third-order valence-corrected chi connectivity index (χ3v) is 7.20. The van der Waals surface area contributed by atoms with Crippen LogP contribution in [0.4, 0.5) is 8.78 Å². The Morgan fingerprint density at radius 3 is 2.60 bits per heavy atom. The molecule has 0 aliphatic heterocycles. The van der Waals surface area contributed by atoms with Crippen molar-refractivity contribution in [1.82, 2.24) is 4.57 Å². The smallest absolute Gasteiger partial charge is 0.338 e. The van der Waals surface area contributed by atoms with Gasteiger partial charge in [-0.3, -0.25) is 0 Å². The van der Waals surface area contributed by atoms with E-state index in [1.165, 1.54) is 6.07 Å². The van der Waals surface area contributed by atoms with Crippen LogP contribution in [0.2, 0.25) is 5.02 Å². The second-order valence-corrected chi connectivity index (χ2v) is 9.83. The fourth-order valence-electron chi connectivity index (χ4n) is 4.75. The molecule has 0 bridgehead atoms. The maximum absolute atomic E-state index is 13.9. The highest BCUT2D eigenvalue weighted by Gasteiger charge is 2.30. The van der Waals surface area contributed by atoms with Crippen LogP contribution in [-0.4, -0.2) is 23.8 Å². The number of aromatic nitrogens is 1. The van der Waals surface area contributed by atoms with Gasteiger partial charge in [-0.15, -0.1) is 0 Å². The number of carbonyl (C=O) groups is 1. The van der Waals surface area contributed by atoms with Crippen molar-refractivity contribution in [1.29, 1.82) is 0 Å². The van der Waals surface area contributed by atoms with Gasteiger partial charge in [-0.1, -0.05) is 33.6 Å². The highest BCUT2D eigenvalue weighted by Crippen LogP contribution is 2.42. The van der Waals surface area contributed by atoms with Crippen LogP contribution in [0.1, 0.15) is 33.6 Å². The molecule has 4 nitrogen and oxygen atoms in total. The van der Waals surface area contributed by atoms with E-state index in [9.17, 15) is 13.6 Å². The molecule has 0 spiro atoms. The van der Waals surface area contributed by atoms with Gasteiger partial charge < -0.3 is 14.0 Å². The summed E-state index contributed by atoms with van der Waals surface area (Å²) in [7, 11) is 1.59. The van der Waals surface area contributed by atoms with Crippen LogP contribution in [0.5, 0.6) is 5.75 Å². The van der Waals surface area contributed by atoms with E-state index in [2.05, 4.69) is 15.9 Å². The highest BCUT2D eigenvalue weighted by atomic mass is 79.9. The molecular weight excluding hydrogens is 540 g/mol. The van der Waals surface area contributed by atoms with Crippen molar-refractivity contribution < 1.29 is 23.0 Å². The second-order valence-electron chi connectivity index (χ2n) is 8.51. The third kappa shape index (κ3) is 4.55. The molecule has 4 aromatic rings. The Balaban J connectivity index is 1.53. The van der Waals surface area contributed by atoms with Gasteiger partial charge >= 0.3 is 5.97 Å². The van der Waals surface area contributed by atoms with Crippen LogP contribution >= 0.6 is 27.5 Å². The Morgan fingerprint density at radius 1 is 1.11 bits per heavy atom. The van der Waals surface area contributed by atoms with Crippen LogP contribution < -0.4 is 4.74 Å². The van der Waals surface area contributed by atoms with Gasteiger partial charge in [-0.05, 0) is 72.5 Å². The number of halogens is 4. The standard InChI is InChI=1S/C27H21BrClF2NO3/c1-34-24-11-8-20(29)26-25(24)19-13-18(35-27(33)16-3-5-17(28)6-4-16)7-10-23(19)32(26)14-15-2-9-21(30)22(31)12-15/h2-6,8-9,11-12,18H,7,10,13-14H2,1H3. The number of benzene rings is 3. The number of hydrogen-bond acceptors (Lipinski definition) is 3. The Morgan fingerprint density at radius 2 is 1.89 bits per heavy atom. The molecule has 1 heterocycles. The minimum Gasteiger partial charge on any atom is -0.496 e. The Bertz CT molecular complexity index is 1440. The maximum Gasteiger partial charge on any atom is 0.338 e. The predicted molar refractivity (Wildman–Crippen MR) is 134 cm³/mol. The first-order valence-electron chi connectivity index (χ1n) is 11.1. The van der Waals surface area contributed by atoms with Crippen molar-refractivity contribution in [3.63, 3.8) is 0 Å². The molecule has 0 radical (unpaired) electrons. The molecule has 0 amide bonds. The van der Waals surface area contributed by atoms with Crippen LogP contribution in [0, 0.1) is 11.6 Å². The summed E-state index contributed by atoms with van der Waals surface area (Å²) < 4.78 is 41.8. The van der Waals surface area contributed by atoms with Gasteiger partial charge in [-0.2, -0.15) is 0 Å². The van der Waals surface area contributed by atoms with Crippen LogP contribution in [0.25, 0.3) is 10.9 Å². The fraction of sp³-hybridized carbons (Fsp3) is 0.222. The second kappa shape index (κ2) is 9.63. The zero-order valence-electron chi connectivity index (χ0n) is 18.8. The van der Waals surface area contributed by atoms with E-state index in [1.807, 2.05) is 10.6 Å². The van der Waals surface area contributed by atoms with Crippen molar-refractivity contribution in [3.05, 3.63) is 98.1 Å². The van der Waals surface area contributed by atoms with Gasteiger partial charge in [0.05, 0.1) is 23.2 Å². The number of rotatable bonds is 5. The van der Waals surface area contributed by atoms with Crippen LogP contribution in [0.15, 0.2) is 59.1 Å². The Hall–Kier alpha value is -2.90. The van der Waals surface area contributed by atoms with E-state index in [-0.39, 0.29) is 12.1 Å². The molecule has 0 saturated carbocycles. The van der Waals surface area contributed by atoms with Crippen molar-refractivity contribution in [3.8, 4) is 5.75 Å². The molecule has 0 fully saturated rings. The molecule has 1 atom stereocenters. The molecule has 180 valence electrons. The number of hydrogen-bond donors (Lipinski definition) is 0. The molecule has 3 aromatic carbocycles. The first-order valence-corrected chi connectivity index (χ1v) is 12.3. The monoisotopic (exact) mass is 559 g/mol. The summed E-state index contributed by atoms with van der Waals surface area (Å²) in [5.74, 6) is -1.49. The van der Waals surface area contributed by atoms with E-state index in [4.69, 9.17) is 21.1 Å². The highest BCUT2D eigenvalue weighted by molar-refractivity contribution is 9.10. The lowest BCUT2D eigenvalue weighted by Gasteiger charge is -2.24. The summed E-state index contributed by atoms with van der Waals surface area (Å²) in [6.45, 7) is 0.319. The summed E-state index contributed by atoms with van der Waals surface area (Å²) in [6.07, 6.45) is 1.44. The topological polar surface area (TPSA) is 40.5 Å². The van der Waals surface area contributed by atoms with E-state index in [1.54, 1.807) is 43.5 Å². The third-order valence-electron chi connectivity index (χ3n) is 6.37. The lowest BCUT2D eigenvalue weighted by atomic mass is 9.92. The van der Waals surface area contributed by atoms with Gasteiger partial charge in [0.15, 0.2) is 11.6 Å². The van der Waals surface area contributed by atoms with Crippen molar-refractivity contribution in [2.45, 2.75) is 31.9 Å². The fourth-order valence-corrected chi connectivity index (χ4v) is 5.27. The molecule has 1 aliphatic rings. The predicted octanol–water partition coefficient (Wildman–Crippen LogP) is 7.11. The van der Waals surface area contributed by atoms with E-state index < -0.39 is 11.6 Å². The minimum absolute atomic E-state index is 0.315. The Labute approximate surface area is 214 Å². The van der Waals surface area contributed by atoms with E-state index in [0.717, 1.165) is 32.7 Å². The molecular formula is C27H21BrClF2NO3. The van der Waals surface area contributed by atoms with Gasteiger partial charge in [0.2, 0.25) is 0 Å². The number of carbonyl (C=O) groups excluding carboxylic acids is 1. The van der Waals surface area contributed by atoms with Gasteiger partial charge in [0.1, 0.15) is 11.9 Å². The van der Waals surface area contributed by atoms with Crippen LogP contribution in [-0.2, 0) is 24.1 Å². The first-order chi connectivity index (χ1) is 16.9. The van der Waals surface area contributed by atoms with Gasteiger partial charge in [0, 0.05) is 28.5 Å². The molecule has 8 heteroatoms. The minimum atomic E-state index is -0.892. The van der Waals surface area contributed by atoms with Crippen molar-refractivity contribution in [2.75, 3.05) is 7.11 Å². The number of methoxy groups -OCH3 is 1. The van der Waals surface area contributed by atoms with Gasteiger partial charge in [0.25, 0.3) is 0 Å². The lowest BCUT2D eigenvalue weighted by molar-refractivity contribution is 0.0270. The normalized spacial score (nSPS) is 15.2. The number of fused-ring (bicyclic) bond motifs is 3. The largest absolute Gasteiger partial charge is 0.496 e. The molecule has 0 N–H and O–H groups in total. The molecule has 35 heavy (non-hydrogen) atoms. The first kappa shape index (κ1) is 23.8. The molecule has 0 saturated heterocycles. The average Bonchev–Trinajstić information content (AvgIpc) is 3.16. The summed E-state index contributed by atoms with van der Waals surface area (Å²) in [4.78, 5) is 12.7. The summed E-state index contributed by atoms with van der Waals surface area (Å²) in [5.41, 5.74) is 3.88. The molecule has 1 unspecified atom stereocenters. The summed E-state index contributed by atoms with van der Waals surface area (Å²) in [5, 5.41) is 1.38. The van der Waals surface area contributed by atoms with Crippen LogP contribution in [0.3, 0.4) is 0 Å². The summed E-state index contributed by atoms with van der Waals surface area (Å²) in [6, 6.07) is 14.5. The van der Waals surface area contributed by atoms with Crippen molar-refractivity contribution in [2.24, 2.45) is 0 Å². The van der Waals surface area contributed by atoms with E-state index in [0.29, 0.717) is 47.7 Å². The van der Waals surface area contributed by atoms with E-state index >= 15 is 0 Å². The molecule has 1 aromatic heterocycles. The average molecular weight is 561 g/mol. The summed E-state index contributed by atoms with van der Waals surface area (Å²) >= 11 is 10.0. The Kier molecular flexibility index (Phi) is 6.55. The quantitative estimate of drug-likeness (QED) is 0.244. The number of esters is 1. The van der Waals surface area contributed by atoms with Crippen molar-refractivity contribution >= 4 is 44.4 Å². The molecule has 5 rings (SSSR count). The van der Waals surface area contributed by atoms with Gasteiger partial charge in [-0.25, -0.2) is 13.6 Å².